The number of hydrogen-bond donors (Lipinski definition) is 1. The van der Waals surface area contributed by atoms with Crippen LogP contribution < -0.4 is 10.5 Å². The van der Waals surface area contributed by atoms with E-state index in [0.717, 1.165) is 33.5 Å². The van der Waals surface area contributed by atoms with Crippen molar-refractivity contribution >= 4 is 11.7 Å². The van der Waals surface area contributed by atoms with Gasteiger partial charge in [-0.15, -0.1) is 0 Å². The highest BCUT2D eigenvalue weighted by Gasteiger charge is 2.08. The van der Waals surface area contributed by atoms with Crippen LogP contribution in [0.25, 0.3) is 22.3 Å². The minimum absolute atomic E-state index is 0.356. The summed E-state index contributed by atoms with van der Waals surface area (Å²) in [6.07, 6.45) is 0. The van der Waals surface area contributed by atoms with Gasteiger partial charge in [0.25, 0.3) is 0 Å². The lowest BCUT2D eigenvalue weighted by Gasteiger charge is -2.08. The molecular formula is C26H21NO2. The van der Waals surface area contributed by atoms with Crippen LogP contribution in [-0.4, -0.2) is 5.97 Å². The molecule has 0 fully saturated rings. The summed E-state index contributed by atoms with van der Waals surface area (Å²) in [5.41, 5.74) is 12.6. The second-order valence-corrected chi connectivity index (χ2v) is 6.98. The number of nitrogen functional groups attached to an aromatic ring is 1. The van der Waals surface area contributed by atoms with E-state index in [1.54, 1.807) is 12.1 Å². The van der Waals surface area contributed by atoms with Crippen molar-refractivity contribution < 1.29 is 9.53 Å². The van der Waals surface area contributed by atoms with Crippen molar-refractivity contribution in [3.05, 3.63) is 108 Å². The Hall–Kier alpha value is -3.85. The van der Waals surface area contributed by atoms with E-state index in [9.17, 15) is 4.79 Å². The Morgan fingerprint density at radius 3 is 1.52 bits per heavy atom. The van der Waals surface area contributed by atoms with Crippen molar-refractivity contribution in [1.82, 2.24) is 0 Å². The zero-order valence-electron chi connectivity index (χ0n) is 16.1. The number of benzene rings is 4. The summed E-state index contributed by atoms with van der Waals surface area (Å²) in [7, 11) is 0. The first kappa shape index (κ1) is 18.5. The lowest BCUT2D eigenvalue weighted by Crippen LogP contribution is -2.08. The van der Waals surface area contributed by atoms with E-state index in [4.69, 9.17) is 10.5 Å². The van der Waals surface area contributed by atoms with Crippen LogP contribution in [0.5, 0.6) is 5.75 Å². The SMILES string of the molecule is Cc1ccc(C(=O)Oc2ccc(-c3ccc(-c4ccc(N)cc4)cc3)cc2)cc1. The van der Waals surface area contributed by atoms with Crippen molar-refractivity contribution in [3.63, 3.8) is 0 Å². The predicted molar refractivity (Wildman–Crippen MR) is 118 cm³/mol. The average molecular weight is 379 g/mol. The van der Waals surface area contributed by atoms with Crippen LogP contribution in [0.2, 0.25) is 0 Å². The van der Waals surface area contributed by atoms with Gasteiger partial charge in [0.15, 0.2) is 0 Å². The number of carbonyl (C=O) groups is 1. The molecule has 0 aliphatic rings. The number of ether oxygens (including phenoxy) is 1. The topological polar surface area (TPSA) is 52.3 Å². The molecule has 4 aromatic carbocycles. The molecule has 0 unspecified atom stereocenters. The van der Waals surface area contributed by atoms with E-state index in [1.807, 2.05) is 67.6 Å². The monoisotopic (exact) mass is 379 g/mol. The van der Waals surface area contributed by atoms with Crippen LogP contribution in [0.4, 0.5) is 5.69 Å². The van der Waals surface area contributed by atoms with Gasteiger partial charge < -0.3 is 10.5 Å². The van der Waals surface area contributed by atoms with Crippen LogP contribution in [-0.2, 0) is 0 Å². The molecule has 0 aliphatic carbocycles. The summed E-state index contributed by atoms with van der Waals surface area (Å²) in [6.45, 7) is 1.98. The molecule has 2 N–H and O–H groups in total. The Kier molecular flexibility index (Phi) is 5.12. The van der Waals surface area contributed by atoms with Gasteiger partial charge in [0.2, 0.25) is 0 Å². The highest BCUT2D eigenvalue weighted by atomic mass is 16.5. The Morgan fingerprint density at radius 1 is 0.621 bits per heavy atom. The lowest BCUT2D eigenvalue weighted by atomic mass is 10.0. The fourth-order valence-corrected chi connectivity index (χ4v) is 3.10. The minimum atomic E-state index is -0.356. The molecule has 29 heavy (non-hydrogen) atoms. The standard InChI is InChI=1S/C26H21NO2/c1-18-2-4-23(5-3-18)26(28)29-25-16-12-22(13-17-25)20-8-6-19(7-9-20)21-10-14-24(27)15-11-21/h2-17H,27H2,1H3. The van der Waals surface area contributed by atoms with Gasteiger partial charge in [0.1, 0.15) is 5.75 Å². The molecule has 0 aliphatic heterocycles. The number of aryl methyl sites for hydroxylation is 1. The number of nitrogens with two attached hydrogens (primary N) is 1. The molecule has 4 rings (SSSR count). The molecule has 0 spiro atoms. The van der Waals surface area contributed by atoms with Crippen molar-refractivity contribution in [2.24, 2.45) is 0 Å². The van der Waals surface area contributed by atoms with Gasteiger partial charge in [0, 0.05) is 5.69 Å². The van der Waals surface area contributed by atoms with Crippen LogP contribution >= 0.6 is 0 Å². The van der Waals surface area contributed by atoms with Crippen LogP contribution in [0.1, 0.15) is 15.9 Å². The highest BCUT2D eigenvalue weighted by molar-refractivity contribution is 5.91. The van der Waals surface area contributed by atoms with E-state index >= 15 is 0 Å². The van der Waals surface area contributed by atoms with E-state index in [2.05, 4.69) is 24.3 Å². The summed E-state index contributed by atoms with van der Waals surface area (Å²) in [5.74, 6) is 0.170. The molecule has 0 saturated heterocycles. The van der Waals surface area contributed by atoms with E-state index < -0.39 is 0 Å². The summed E-state index contributed by atoms with van der Waals surface area (Å²) >= 11 is 0. The fraction of sp³-hybridized carbons (Fsp3) is 0.0385. The number of anilines is 1. The van der Waals surface area contributed by atoms with Gasteiger partial charge in [-0.25, -0.2) is 4.79 Å². The van der Waals surface area contributed by atoms with Crippen molar-refractivity contribution in [2.45, 2.75) is 6.92 Å². The number of carbonyl (C=O) groups excluding carboxylic acids is 1. The quantitative estimate of drug-likeness (QED) is 0.264. The van der Waals surface area contributed by atoms with Gasteiger partial charge in [-0.2, -0.15) is 0 Å². The second-order valence-electron chi connectivity index (χ2n) is 6.98. The molecule has 3 heteroatoms. The maximum Gasteiger partial charge on any atom is 0.343 e. The normalized spacial score (nSPS) is 10.5. The smallest absolute Gasteiger partial charge is 0.343 e. The second kappa shape index (κ2) is 8.03. The fourth-order valence-electron chi connectivity index (χ4n) is 3.10. The van der Waals surface area contributed by atoms with Gasteiger partial charge in [0.05, 0.1) is 5.56 Å². The number of rotatable bonds is 4. The molecule has 0 saturated carbocycles. The zero-order chi connectivity index (χ0) is 20.2. The van der Waals surface area contributed by atoms with E-state index in [1.165, 1.54) is 0 Å². The molecule has 0 amide bonds. The third kappa shape index (κ3) is 4.36. The van der Waals surface area contributed by atoms with Gasteiger partial charge >= 0.3 is 5.97 Å². The van der Waals surface area contributed by atoms with Crippen molar-refractivity contribution in [3.8, 4) is 28.0 Å². The molecule has 0 heterocycles. The Bertz CT molecular complexity index is 1110. The third-order valence-corrected chi connectivity index (χ3v) is 4.81. The Morgan fingerprint density at radius 2 is 1.03 bits per heavy atom. The summed E-state index contributed by atoms with van der Waals surface area (Å²) in [6, 6.07) is 31.1. The molecule has 0 aromatic heterocycles. The van der Waals surface area contributed by atoms with Crippen molar-refractivity contribution in [1.29, 1.82) is 0 Å². The van der Waals surface area contributed by atoms with E-state index in [0.29, 0.717) is 11.3 Å². The van der Waals surface area contributed by atoms with Crippen LogP contribution in [0.3, 0.4) is 0 Å². The molecule has 0 radical (unpaired) electrons. The molecule has 142 valence electrons. The molecular weight excluding hydrogens is 358 g/mol. The highest BCUT2D eigenvalue weighted by Crippen LogP contribution is 2.27. The lowest BCUT2D eigenvalue weighted by molar-refractivity contribution is 0.0735. The first-order chi connectivity index (χ1) is 14.1. The van der Waals surface area contributed by atoms with Crippen LogP contribution in [0.15, 0.2) is 97.1 Å². The first-order valence-electron chi connectivity index (χ1n) is 9.44. The zero-order valence-corrected chi connectivity index (χ0v) is 16.1. The average Bonchev–Trinajstić information content (AvgIpc) is 2.75. The molecule has 4 aromatic rings. The third-order valence-electron chi connectivity index (χ3n) is 4.81. The summed E-state index contributed by atoms with van der Waals surface area (Å²) < 4.78 is 5.47. The maximum atomic E-state index is 12.2. The van der Waals surface area contributed by atoms with Crippen LogP contribution in [0, 0.1) is 6.92 Å². The van der Waals surface area contributed by atoms with Gasteiger partial charge in [-0.3, -0.25) is 0 Å². The Labute approximate surface area is 170 Å². The first-order valence-corrected chi connectivity index (χ1v) is 9.44. The molecule has 0 atom stereocenters. The molecule has 3 nitrogen and oxygen atoms in total. The maximum absolute atomic E-state index is 12.2. The number of esters is 1. The number of hydrogen-bond acceptors (Lipinski definition) is 3. The summed E-state index contributed by atoms with van der Waals surface area (Å²) in [4.78, 5) is 12.2. The minimum Gasteiger partial charge on any atom is -0.423 e. The van der Waals surface area contributed by atoms with Gasteiger partial charge in [-0.1, -0.05) is 66.2 Å². The van der Waals surface area contributed by atoms with E-state index in [-0.39, 0.29) is 5.97 Å². The summed E-state index contributed by atoms with van der Waals surface area (Å²) in [5, 5.41) is 0. The molecule has 0 bridgehead atoms. The van der Waals surface area contributed by atoms with Gasteiger partial charge in [-0.05, 0) is 65.6 Å². The largest absolute Gasteiger partial charge is 0.423 e. The predicted octanol–water partition coefficient (Wildman–Crippen LogP) is 6.13. The Balaban J connectivity index is 1.46. The van der Waals surface area contributed by atoms with Crippen molar-refractivity contribution in [2.75, 3.05) is 5.73 Å².